The van der Waals surface area contributed by atoms with Crippen LogP contribution in [0.4, 0.5) is 0 Å². The zero-order valence-corrected chi connectivity index (χ0v) is 15.5. The monoisotopic (exact) mass is 351 g/mol. The number of guanidine groups is 1. The highest BCUT2D eigenvalue weighted by atomic mass is 32.1. The summed E-state index contributed by atoms with van der Waals surface area (Å²) in [4.78, 5) is 21.8. The Labute approximate surface area is 148 Å². The second-order valence-corrected chi connectivity index (χ2v) is 7.34. The molecule has 6 nitrogen and oxygen atoms in total. The average Bonchev–Trinajstić information content (AvgIpc) is 3.22. The highest BCUT2D eigenvalue weighted by Crippen LogP contribution is 2.18. The maximum atomic E-state index is 12.1. The summed E-state index contributed by atoms with van der Waals surface area (Å²) in [6.45, 7) is 3.40. The quantitative estimate of drug-likeness (QED) is 0.418. The van der Waals surface area contributed by atoms with Crippen LogP contribution < -0.4 is 11.1 Å². The molecule has 1 atom stereocenters. The first-order chi connectivity index (χ1) is 11.6. The smallest absolute Gasteiger partial charge is 0.239 e. The number of nitrogens with zero attached hydrogens (tertiary/aromatic N) is 3. The number of nitrogens with two attached hydrogens (primary N) is 1. The molecule has 134 valence electrons. The van der Waals surface area contributed by atoms with Crippen molar-refractivity contribution in [1.82, 2.24) is 15.1 Å². The number of aliphatic imine (C=N–C) groups is 1. The molecule has 2 rings (SSSR count). The molecule has 1 saturated heterocycles. The van der Waals surface area contributed by atoms with Crippen LogP contribution in [-0.2, 0) is 11.2 Å². The molecule has 0 aromatic carbocycles. The number of rotatable bonds is 8. The summed E-state index contributed by atoms with van der Waals surface area (Å²) < 4.78 is 0. The standard InChI is InChI=1S/C17H29N5OS/c1-21(2)16(23)15-7-3-11-22(15)12-5-9-19-17(18)20-10-8-14-6-4-13-24-14/h4,6,13,15H,3,5,7-12H2,1-2H3,(H3,18,19,20). The molecule has 1 aliphatic rings. The summed E-state index contributed by atoms with van der Waals surface area (Å²) in [7, 11) is 3.65. The predicted molar refractivity (Wildman–Crippen MR) is 100 cm³/mol. The number of amides is 1. The van der Waals surface area contributed by atoms with Crippen molar-refractivity contribution in [3.05, 3.63) is 22.4 Å². The van der Waals surface area contributed by atoms with Crippen molar-refractivity contribution in [2.75, 3.05) is 40.3 Å². The number of hydrogen-bond donors (Lipinski definition) is 2. The Hall–Kier alpha value is -1.60. The van der Waals surface area contributed by atoms with E-state index in [2.05, 4.69) is 32.7 Å². The molecular weight excluding hydrogens is 322 g/mol. The van der Waals surface area contributed by atoms with Gasteiger partial charge < -0.3 is 16.0 Å². The van der Waals surface area contributed by atoms with Gasteiger partial charge in [0.25, 0.3) is 0 Å². The molecule has 1 aromatic rings. The molecule has 1 fully saturated rings. The minimum Gasteiger partial charge on any atom is -0.370 e. The lowest BCUT2D eigenvalue weighted by Crippen LogP contribution is -2.43. The van der Waals surface area contributed by atoms with E-state index in [9.17, 15) is 4.79 Å². The lowest BCUT2D eigenvalue weighted by molar-refractivity contribution is -0.133. The number of likely N-dealkylation sites (tertiary alicyclic amines) is 1. The highest BCUT2D eigenvalue weighted by Gasteiger charge is 2.30. The zero-order chi connectivity index (χ0) is 17.4. The minimum absolute atomic E-state index is 0.0465. The third kappa shape index (κ3) is 5.79. The Morgan fingerprint density at radius 2 is 2.38 bits per heavy atom. The molecule has 0 spiro atoms. The van der Waals surface area contributed by atoms with Crippen molar-refractivity contribution in [2.24, 2.45) is 10.7 Å². The van der Waals surface area contributed by atoms with Crippen molar-refractivity contribution in [3.8, 4) is 0 Å². The Bertz CT molecular complexity index is 529. The molecule has 1 amide bonds. The van der Waals surface area contributed by atoms with Crippen molar-refractivity contribution in [1.29, 1.82) is 0 Å². The van der Waals surface area contributed by atoms with Gasteiger partial charge in [-0.05, 0) is 43.7 Å². The van der Waals surface area contributed by atoms with Crippen LogP contribution in [0.2, 0.25) is 0 Å². The number of carbonyl (C=O) groups is 1. The van der Waals surface area contributed by atoms with Crippen LogP contribution in [0, 0.1) is 0 Å². The number of hydrogen-bond acceptors (Lipinski definition) is 4. The number of thiophene rings is 1. The summed E-state index contributed by atoms with van der Waals surface area (Å²) in [6, 6.07) is 4.23. The third-order valence-corrected chi connectivity index (χ3v) is 5.17. The summed E-state index contributed by atoms with van der Waals surface area (Å²) >= 11 is 1.76. The fourth-order valence-electron chi connectivity index (χ4n) is 2.97. The first kappa shape index (κ1) is 18.7. The molecule has 1 aliphatic heterocycles. The molecule has 2 heterocycles. The van der Waals surface area contributed by atoms with E-state index in [4.69, 9.17) is 5.73 Å². The third-order valence-electron chi connectivity index (χ3n) is 4.23. The largest absolute Gasteiger partial charge is 0.370 e. The molecule has 24 heavy (non-hydrogen) atoms. The first-order valence-corrected chi connectivity index (χ1v) is 9.47. The van der Waals surface area contributed by atoms with Crippen LogP contribution in [0.1, 0.15) is 24.1 Å². The molecular formula is C17H29N5OS. The van der Waals surface area contributed by atoms with Gasteiger partial charge in [0.1, 0.15) is 0 Å². The van der Waals surface area contributed by atoms with E-state index in [1.165, 1.54) is 4.88 Å². The average molecular weight is 352 g/mol. The zero-order valence-electron chi connectivity index (χ0n) is 14.7. The maximum Gasteiger partial charge on any atom is 0.239 e. The van der Waals surface area contributed by atoms with Gasteiger partial charge >= 0.3 is 0 Å². The van der Waals surface area contributed by atoms with E-state index in [-0.39, 0.29) is 11.9 Å². The summed E-state index contributed by atoms with van der Waals surface area (Å²) in [5.74, 6) is 0.722. The predicted octanol–water partition coefficient (Wildman–Crippen LogP) is 1.14. The van der Waals surface area contributed by atoms with E-state index in [1.54, 1.807) is 16.2 Å². The van der Waals surface area contributed by atoms with E-state index >= 15 is 0 Å². The topological polar surface area (TPSA) is 74.0 Å². The summed E-state index contributed by atoms with van der Waals surface area (Å²) in [5.41, 5.74) is 5.89. The Morgan fingerprint density at radius 3 is 3.08 bits per heavy atom. The summed E-state index contributed by atoms with van der Waals surface area (Å²) in [5, 5.41) is 5.23. The lowest BCUT2D eigenvalue weighted by atomic mass is 10.2. The highest BCUT2D eigenvalue weighted by molar-refractivity contribution is 7.09. The molecule has 7 heteroatoms. The van der Waals surface area contributed by atoms with Gasteiger partial charge in [0.15, 0.2) is 5.96 Å². The molecule has 0 bridgehead atoms. The molecule has 1 unspecified atom stereocenters. The molecule has 0 aliphatic carbocycles. The van der Waals surface area contributed by atoms with Crippen LogP contribution >= 0.6 is 11.3 Å². The van der Waals surface area contributed by atoms with Gasteiger partial charge in [0, 0.05) is 38.6 Å². The van der Waals surface area contributed by atoms with Gasteiger partial charge in [-0.1, -0.05) is 6.07 Å². The van der Waals surface area contributed by atoms with Crippen LogP contribution in [0.3, 0.4) is 0 Å². The maximum absolute atomic E-state index is 12.1. The first-order valence-electron chi connectivity index (χ1n) is 8.59. The second kappa shape index (κ2) is 9.64. The van der Waals surface area contributed by atoms with Gasteiger partial charge in [-0.15, -0.1) is 11.3 Å². The summed E-state index contributed by atoms with van der Waals surface area (Å²) in [6.07, 6.45) is 3.95. The van der Waals surface area contributed by atoms with Crippen LogP contribution in [0.5, 0.6) is 0 Å². The minimum atomic E-state index is 0.0465. The second-order valence-electron chi connectivity index (χ2n) is 6.30. The molecule has 0 radical (unpaired) electrons. The number of nitrogens with one attached hydrogen (secondary N) is 1. The van der Waals surface area contributed by atoms with E-state index < -0.39 is 0 Å². The fraction of sp³-hybridized carbons (Fsp3) is 0.647. The normalized spacial score (nSPS) is 18.8. The SMILES string of the molecule is CN(C)C(=O)C1CCCN1CCCN=C(N)NCCc1cccs1. The van der Waals surface area contributed by atoms with Crippen molar-refractivity contribution < 1.29 is 4.79 Å². The number of likely N-dealkylation sites (N-methyl/N-ethyl adjacent to an activating group) is 1. The Morgan fingerprint density at radius 1 is 1.54 bits per heavy atom. The van der Waals surface area contributed by atoms with Gasteiger partial charge in [-0.2, -0.15) is 0 Å². The lowest BCUT2D eigenvalue weighted by Gasteiger charge is -2.25. The van der Waals surface area contributed by atoms with Crippen molar-refractivity contribution >= 4 is 23.2 Å². The van der Waals surface area contributed by atoms with Crippen molar-refractivity contribution in [3.63, 3.8) is 0 Å². The molecule has 1 aromatic heterocycles. The molecule has 3 N–H and O–H groups in total. The Balaban J connectivity index is 1.63. The number of carbonyl (C=O) groups excluding carboxylic acids is 1. The molecule has 0 saturated carbocycles. The van der Waals surface area contributed by atoms with Crippen LogP contribution in [0.25, 0.3) is 0 Å². The van der Waals surface area contributed by atoms with Gasteiger partial charge in [-0.3, -0.25) is 14.7 Å². The van der Waals surface area contributed by atoms with Crippen LogP contribution in [-0.4, -0.2) is 68.0 Å². The van der Waals surface area contributed by atoms with Crippen LogP contribution in [0.15, 0.2) is 22.5 Å². The van der Waals surface area contributed by atoms with E-state index in [0.29, 0.717) is 12.5 Å². The van der Waals surface area contributed by atoms with Crippen molar-refractivity contribution in [2.45, 2.75) is 31.7 Å². The van der Waals surface area contributed by atoms with E-state index in [0.717, 1.165) is 45.3 Å². The van der Waals surface area contributed by atoms with Gasteiger partial charge in [0.2, 0.25) is 5.91 Å². The fourth-order valence-corrected chi connectivity index (χ4v) is 3.68. The van der Waals surface area contributed by atoms with E-state index in [1.807, 2.05) is 14.1 Å². The van der Waals surface area contributed by atoms with Gasteiger partial charge in [0.05, 0.1) is 6.04 Å². The van der Waals surface area contributed by atoms with Gasteiger partial charge in [-0.25, -0.2) is 0 Å². The Kier molecular flexibility index (Phi) is 7.52.